The van der Waals surface area contributed by atoms with E-state index in [-0.39, 0.29) is 0 Å². The number of hydrogen-bond donors (Lipinski definition) is 2. The lowest BCUT2D eigenvalue weighted by molar-refractivity contribution is 0.898. The molecule has 0 spiro atoms. The van der Waals surface area contributed by atoms with Gasteiger partial charge in [0.05, 0.1) is 17.6 Å². The average molecular weight is 151 g/mol. The number of pyridine rings is 1. The van der Waals surface area contributed by atoms with Gasteiger partial charge in [-0.25, -0.2) is 0 Å². The van der Waals surface area contributed by atoms with Gasteiger partial charge in [-0.1, -0.05) is 0 Å². The summed E-state index contributed by atoms with van der Waals surface area (Å²) in [5.41, 5.74) is 7.19. The van der Waals surface area contributed by atoms with Crippen molar-refractivity contribution < 1.29 is 0 Å². The van der Waals surface area contributed by atoms with Crippen LogP contribution in [0, 0.1) is 0 Å². The largest absolute Gasteiger partial charge is 0.397 e. The second-order valence-corrected chi connectivity index (χ2v) is 2.81. The Balaban J connectivity index is 2.71. The molecule has 0 aromatic carbocycles. The molecular formula is C8H13N3. The fourth-order valence-electron chi connectivity index (χ4n) is 0.870. The highest BCUT2D eigenvalue weighted by Crippen LogP contribution is 2.09. The van der Waals surface area contributed by atoms with E-state index in [9.17, 15) is 0 Å². The molecule has 1 rings (SSSR count). The first-order valence-corrected chi connectivity index (χ1v) is 3.65. The van der Waals surface area contributed by atoms with Crippen LogP contribution in [0.2, 0.25) is 0 Å². The first-order valence-electron chi connectivity index (χ1n) is 3.65. The summed E-state index contributed by atoms with van der Waals surface area (Å²) >= 11 is 0. The molecule has 0 bridgehead atoms. The molecule has 0 aliphatic heterocycles. The molecule has 60 valence electrons. The van der Waals surface area contributed by atoms with Gasteiger partial charge in [0.25, 0.3) is 0 Å². The highest BCUT2D eigenvalue weighted by atomic mass is 14.9. The van der Waals surface area contributed by atoms with Gasteiger partial charge >= 0.3 is 0 Å². The van der Waals surface area contributed by atoms with Crippen molar-refractivity contribution in [1.29, 1.82) is 0 Å². The summed E-state index contributed by atoms with van der Waals surface area (Å²) in [5.74, 6) is 0. The van der Waals surface area contributed by atoms with Crippen LogP contribution in [-0.2, 0) is 0 Å². The van der Waals surface area contributed by atoms with Crippen molar-refractivity contribution in [3.8, 4) is 0 Å². The smallest absolute Gasteiger partial charge is 0.0549 e. The maximum absolute atomic E-state index is 5.53. The van der Waals surface area contributed by atoms with E-state index in [1.807, 2.05) is 6.07 Å². The van der Waals surface area contributed by atoms with Crippen molar-refractivity contribution in [2.45, 2.75) is 19.9 Å². The van der Waals surface area contributed by atoms with Crippen LogP contribution < -0.4 is 11.1 Å². The van der Waals surface area contributed by atoms with E-state index >= 15 is 0 Å². The fraction of sp³-hybridized carbons (Fsp3) is 0.375. The summed E-state index contributed by atoms with van der Waals surface area (Å²) in [4.78, 5) is 3.95. The Hall–Kier alpha value is -1.25. The molecule has 1 heterocycles. The third kappa shape index (κ3) is 2.45. The van der Waals surface area contributed by atoms with Crippen molar-refractivity contribution >= 4 is 11.4 Å². The Morgan fingerprint density at radius 3 is 2.73 bits per heavy atom. The van der Waals surface area contributed by atoms with Crippen molar-refractivity contribution in [3.05, 3.63) is 18.5 Å². The number of nitrogens with one attached hydrogen (secondary N) is 1. The molecule has 11 heavy (non-hydrogen) atoms. The third-order valence-corrected chi connectivity index (χ3v) is 1.21. The van der Waals surface area contributed by atoms with Crippen LogP contribution in [0.25, 0.3) is 0 Å². The molecule has 0 unspecified atom stereocenters. The van der Waals surface area contributed by atoms with Gasteiger partial charge in [-0.3, -0.25) is 4.98 Å². The van der Waals surface area contributed by atoms with Crippen molar-refractivity contribution in [3.63, 3.8) is 0 Å². The van der Waals surface area contributed by atoms with Gasteiger partial charge in [-0.15, -0.1) is 0 Å². The predicted molar refractivity (Wildman–Crippen MR) is 47.4 cm³/mol. The second kappa shape index (κ2) is 3.23. The average Bonchev–Trinajstić information content (AvgIpc) is 1.85. The van der Waals surface area contributed by atoms with Crippen LogP contribution in [0.15, 0.2) is 18.5 Å². The second-order valence-electron chi connectivity index (χ2n) is 2.81. The number of rotatable bonds is 2. The van der Waals surface area contributed by atoms with E-state index in [2.05, 4.69) is 24.1 Å². The summed E-state index contributed by atoms with van der Waals surface area (Å²) in [6.45, 7) is 4.15. The Morgan fingerprint density at radius 1 is 1.45 bits per heavy atom. The highest BCUT2D eigenvalue weighted by molar-refractivity contribution is 5.51. The molecule has 0 saturated heterocycles. The zero-order valence-corrected chi connectivity index (χ0v) is 6.83. The van der Waals surface area contributed by atoms with Gasteiger partial charge < -0.3 is 11.1 Å². The minimum absolute atomic E-state index is 0.415. The summed E-state index contributed by atoms with van der Waals surface area (Å²) in [7, 11) is 0. The maximum Gasteiger partial charge on any atom is 0.0549 e. The predicted octanol–water partition coefficient (Wildman–Crippen LogP) is 1.48. The minimum Gasteiger partial charge on any atom is -0.397 e. The number of nitrogens with zero attached hydrogens (tertiary/aromatic N) is 1. The van der Waals surface area contributed by atoms with E-state index in [0.717, 1.165) is 5.69 Å². The number of anilines is 2. The Labute approximate surface area is 66.6 Å². The van der Waals surface area contributed by atoms with Crippen molar-refractivity contribution in [1.82, 2.24) is 4.98 Å². The van der Waals surface area contributed by atoms with Crippen LogP contribution >= 0.6 is 0 Å². The molecule has 0 fully saturated rings. The lowest BCUT2D eigenvalue weighted by atomic mass is 10.3. The standard InChI is InChI=1S/C8H13N3/c1-6(2)11-8-3-7(9)4-10-5-8/h3-6,11H,9H2,1-2H3. The van der Waals surface area contributed by atoms with Gasteiger partial charge in [-0.05, 0) is 19.9 Å². The Kier molecular flexibility index (Phi) is 2.31. The van der Waals surface area contributed by atoms with Gasteiger partial charge in [0, 0.05) is 12.2 Å². The molecule has 3 heteroatoms. The van der Waals surface area contributed by atoms with E-state index in [1.54, 1.807) is 12.4 Å². The molecule has 3 N–H and O–H groups in total. The van der Waals surface area contributed by atoms with Crippen molar-refractivity contribution in [2.75, 3.05) is 11.1 Å². The number of hydrogen-bond acceptors (Lipinski definition) is 3. The topological polar surface area (TPSA) is 50.9 Å². The minimum atomic E-state index is 0.415. The molecule has 0 aliphatic carbocycles. The van der Waals surface area contributed by atoms with Crippen LogP contribution in [0.4, 0.5) is 11.4 Å². The van der Waals surface area contributed by atoms with Crippen LogP contribution in [0.5, 0.6) is 0 Å². The monoisotopic (exact) mass is 151 g/mol. The zero-order valence-electron chi connectivity index (χ0n) is 6.83. The van der Waals surface area contributed by atoms with E-state index in [0.29, 0.717) is 11.7 Å². The van der Waals surface area contributed by atoms with E-state index < -0.39 is 0 Å². The first-order chi connectivity index (χ1) is 5.18. The van der Waals surface area contributed by atoms with E-state index in [1.165, 1.54) is 0 Å². The molecule has 0 radical (unpaired) electrons. The molecule has 3 nitrogen and oxygen atoms in total. The SMILES string of the molecule is CC(C)Nc1cncc(N)c1. The van der Waals surface area contributed by atoms with Crippen molar-refractivity contribution in [2.24, 2.45) is 0 Å². The normalized spacial score (nSPS) is 10.1. The molecule has 0 saturated carbocycles. The summed E-state index contributed by atoms with van der Waals surface area (Å²) < 4.78 is 0. The van der Waals surface area contributed by atoms with Gasteiger partial charge in [0.1, 0.15) is 0 Å². The van der Waals surface area contributed by atoms with Gasteiger partial charge in [-0.2, -0.15) is 0 Å². The van der Waals surface area contributed by atoms with Crippen LogP contribution in [0.1, 0.15) is 13.8 Å². The third-order valence-electron chi connectivity index (χ3n) is 1.21. The first kappa shape index (κ1) is 7.85. The molecule has 0 aliphatic rings. The van der Waals surface area contributed by atoms with Crippen LogP contribution in [0.3, 0.4) is 0 Å². The van der Waals surface area contributed by atoms with Gasteiger partial charge in [0.15, 0.2) is 0 Å². The molecule has 1 aromatic heterocycles. The molecule has 1 aromatic rings. The fourth-order valence-corrected chi connectivity index (χ4v) is 0.870. The van der Waals surface area contributed by atoms with E-state index in [4.69, 9.17) is 5.73 Å². The highest BCUT2D eigenvalue weighted by Gasteiger charge is 1.94. The quantitative estimate of drug-likeness (QED) is 0.673. The Bertz CT molecular complexity index is 233. The summed E-state index contributed by atoms with van der Waals surface area (Å²) in [6, 6.07) is 2.28. The van der Waals surface area contributed by atoms with Crippen LogP contribution in [-0.4, -0.2) is 11.0 Å². The maximum atomic E-state index is 5.53. The van der Waals surface area contributed by atoms with Gasteiger partial charge in [0.2, 0.25) is 0 Å². The number of aromatic nitrogens is 1. The Morgan fingerprint density at radius 2 is 2.18 bits per heavy atom. The summed E-state index contributed by atoms with van der Waals surface area (Å²) in [5, 5.41) is 3.20. The number of nitrogen functional groups attached to an aromatic ring is 1. The summed E-state index contributed by atoms with van der Waals surface area (Å²) in [6.07, 6.45) is 3.39. The lowest BCUT2D eigenvalue weighted by Gasteiger charge is -2.08. The lowest BCUT2D eigenvalue weighted by Crippen LogP contribution is -2.09. The molecule has 0 atom stereocenters. The molecular weight excluding hydrogens is 138 g/mol. The zero-order chi connectivity index (χ0) is 8.27. The number of nitrogens with two attached hydrogens (primary N) is 1. The molecule has 0 amide bonds.